The van der Waals surface area contributed by atoms with Crippen molar-refractivity contribution in [3.8, 4) is 11.4 Å². The molecule has 0 radical (unpaired) electrons. The number of fused-ring (bicyclic) bond motifs is 5. The molecule has 752 valence electrons. The molecule has 0 spiro atoms. The summed E-state index contributed by atoms with van der Waals surface area (Å²) in [7, 11) is 0. The summed E-state index contributed by atoms with van der Waals surface area (Å²) >= 11 is 0. The maximum atomic E-state index is 13.0. The monoisotopic (exact) mass is 1900 g/mol. The molecule has 51 N–H and O–H groups in total. The fraction of sp³-hybridized carbons (Fsp3) is 0.808. The zero-order valence-corrected chi connectivity index (χ0v) is 71.9. The predicted octanol–water partition coefficient (Wildman–Crippen LogP) is -20.8. The number of carbonyl (C=O) groups is 1. The van der Waals surface area contributed by atoms with Crippen LogP contribution in [0.3, 0.4) is 0 Å². The number of para-hydroxylation sites is 1. The number of benzene rings is 1. The van der Waals surface area contributed by atoms with Crippen molar-refractivity contribution < 1.29 is 173 Å². The van der Waals surface area contributed by atoms with Crippen molar-refractivity contribution in [1.82, 2.24) is 9.55 Å². The molecule has 0 bridgehead atoms. The van der Waals surface area contributed by atoms with Crippen LogP contribution in [0.15, 0.2) is 41.2 Å². The third-order valence-corrected chi connectivity index (χ3v) is 26.5. The molecule has 54 nitrogen and oxygen atoms in total. The number of nitrogens with two attached hydrogens (primary N) is 16. The number of ether oxygens (including phenoxy) is 15. The van der Waals surface area contributed by atoms with Gasteiger partial charge in [0.25, 0.3) is 5.56 Å². The Hall–Kier alpha value is -4.91. The number of aliphatic hydroxyl groups excluding tert-OH is 18. The van der Waals surface area contributed by atoms with Crippen molar-refractivity contribution in [1.29, 1.82) is 0 Å². The van der Waals surface area contributed by atoms with Gasteiger partial charge in [-0.15, -0.1) is 0 Å². The minimum absolute atomic E-state index is 0.0441. The fourth-order valence-electron chi connectivity index (χ4n) is 18.3. The van der Waals surface area contributed by atoms with Crippen molar-refractivity contribution in [3.05, 3.63) is 63.4 Å². The molecule has 1 aromatic carbocycles. The molecule has 3 saturated carbocycles. The molecule has 9 aliphatic heterocycles. The Balaban J connectivity index is 0.000000164. The van der Waals surface area contributed by atoms with E-state index in [1.165, 1.54) is 0 Å². The van der Waals surface area contributed by atoms with Crippen molar-refractivity contribution in [2.45, 2.75) is 345 Å². The molecule has 132 heavy (non-hydrogen) atoms. The lowest BCUT2D eigenvalue weighted by molar-refractivity contribution is -0.307. The van der Waals surface area contributed by atoms with Gasteiger partial charge in [-0.25, -0.2) is 9.78 Å². The third kappa shape index (κ3) is 21.4. The van der Waals surface area contributed by atoms with Gasteiger partial charge in [-0.1, -0.05) is 25.1 Å². The van der Waals surface area contributed by atoms with Crippen LogP contribution in [0.4, 0.5) is 0 Å². The number of pyridine rings is 2. The predicted molar refractivity (Wildman–Crippen MR) is 446 cm³/mol. The maximum absolute atomic E-state index is 13.0. The third-order valence-electron chi connectivity index (χ3n) is 26.5. The molecule has 15 rings (SSSR count). The first-order chi connectivity index (χ1) is 62.5. The van der Waals surface area contributed by atoms with Crippen LogP contribution in [-0.4, -0.2) is 452 Å². The molecule has 49 atom stereocenters. The molecule has 0 amide bonds. The zero-order valence-electron chi connectivity index (χ0n) is 71.9. The highest BCUT2D eigenvalue weighted by Crippen LogP contribution is 2.42. The Labute approximate surface area is 754 Å². The summed E-state index contributed by atoms with van der Waals surface area (Å²) in [6.45, 7) is 0.0319. The number of hydrogen-bond donors (Lipinski definition) is 35. The first-order valence-corrected chi connectivity index (χ1v) is 43.6. The van der Waals surface area contributed by atoms with Crippen LogP contribution in [-0.2, 0) is 94.6 Å². The van der Waals surface area contributed by atoms with Crippen LogP contribution in [0.1, 0.15) is 49.3 Å². The molecule has 3 aromatic rings. The second-order valence-electron chi connectivity index (χ2n) is 35.3. The molecule has 54 heteroatoms. The van der Waals surface area contributed by atoms with E-state index in [1.807, 2.05) is 30.3 Å². The number of aliphatic hydroxyl groups is 19. The standard InChI is InChI=1S/2C23H46N6O13.C20H16N2O4.C12H26N4O6/c2*24-2-7-13(32)15(34)10(28)21(37-7)40-18-6(27)1-5(26)12(31)20(18)42-23-17(36)19(9(4-30)39-23)41-22-11(29)16(35)14(33)8(3-25)38-22;1-2-20(25)14-8-16-17-12(7-11-5-3-4-6-15(11)21-17)9-22(16)18(23)13(14)10-26-19(20)24;13-2-5-8(18)9(19)6(16)12(21-5)22-11-4(15)1-3(14)7(17)10(11)20/h2*5-23,30-36H,1-4,24-29H2;3-8,25H,2,9-10H2,1H3;3-12,17-20H,1-2,13-16H2/t5-,6+,7-,8+,9-,10-,11-,12+,13-,14-,15-,16-,17-,18-,19-,20-,21-,22-,23+;5-,6+,7-,8-,9-,10-,11-,12+,13-,14-,15-,16-,17-,18-,19-,20-,21-,22-,23+;20-;3-,4+,5-,6-,7+,8-,9-,10-,11-,12-/m1101/s1. The SMILES string of the molecule is CC[C@@]1(O)C(=O)OCc2c1cc1n(c2=O)Cc2cc3ccccc3nc2-1.NC[C@@H]1O[C@H](O[C@H]2[C@@H](O)[C@H](O[C@@H]3[C@@H](O)[C@H](N)C[C@H](N)[C@H]3O[C@H]3O[C@H](CN)[C@@H](O)[C@H](O)[C@H]3N)O[C@@H]2CO)[C@H](N)[C@@H](O)[C@@H]1O.NC[C@H]1O[C@H](O[C@H]2[C@H](O)[C@@H](O)[C@H](N)C[C@@H]2N)[C@H](N)[C@@H](O)[C@@H]1O.NC[C@H]1O[C@H](O[C@H]2[C@H](O[C@@H]3O[C@H](CO)[C@@H](O[C@H]4O[C@H](CN)[C@@H](O)[C@H](O)[C@H]4N)[C@H]3O)[C@@H](O)[C@H](N)C[C@@H]2N)[C@H](N)[C@@H](O)[C@@H]1O. The van der Waals surface area contributed by atoms with Gasteiger partial charge in [0.1, 0.15) is 171 Å². The second-order valence-corrected chi connectivity index (χ2v) is 35.3. The summed E-state index contributed by atoms with van der Waals surface area (Å²) in [5, 5.41) is 197. The molecular weight excluding hydrogens is 1760 g/mol. The van der Waals surface area contributed by atoms with Crippen LogP contribution >= 0.6 is 0 Å². The number of cyclic esters (lactones) is 1. The topological polar surface area (TPSA) is 991 Å². The Morgan fingerprint density at radius 2 is 0.712 bits per heavy atom. The van der Waals surface area contributed by atoms with Crippen LogP contribution in [0.25, 0.3) is 22.3 Å². The van der Waals surface area contributed by atoms with Gasteiger partial charge in [0, 0.05) is 85.5 Å². The highest BCUT2D eigenvalue weighted by atomic mass is 16.8. The van der Waals surface area contributed by atoms with Gasteiger partial charge in [-0.05, 0) is 43.9 Å². The Kier molecular flexibility index (Phi) is 35.9. The molecule has 3 aliphatic carbocycles. The van der Waals surface area contributed by atoms with E-state index >= 15 is 0 Å². The average molecular weight is 1900 g/mol. The summed E-state index contributed by atoms with van der Waals surface area (Å²) in [6, 6.07) is 0.841. The van der Waals surface area contributed by atoms with E-state index in [1.54, 1.807) is 17.6 Å². The summed E-state index contributed by atoms with van der Waals surface area (Å²) in [5.74, 6) is -0.707. The van der Waals surface area contributed by atoms with Crippen molar-refractivity contribution >= 4 is 16.9 Å². The van der Waals surface area contributed by atoms with E-state index in [0.29, 0.717) is 23.4 Å². The summed E-state index contributed by atoms with van der Waals surface area (Å²) < 4.78 is 87.0. The molecule has 11 heterocycles. The van der Waals surface area contributed by atoms with E-state index in [0.717, 1.165) is 22.2 Å². The van der Waals surface area contributed by atoms with Crippen LogP contribution in [0, 0.1) is 0 Å². The quantitative estimate of drug-likeness (QED) is 0.0325. The molecule has 7 saturated heterocycles. The lowest BCUT2D eigenvalue weighted by Crippen LogP contribution is -2.68. The van der Waals surface area contributed by atoms with Crippen LogP contribution in [0.2, 0.25) is 0 Å². The minimum atomic E-state index is -1.79. The molecule has 2 aromatic heterocycles. The number of rotatable bonds is 22. The lowest BCUT2D eigenvalue weighted by atomic mass is 9.84. The van der Waals surface area contributed by atoms with E-state index < -0.39 is 318 Å². The lowest BCUT2D eigenvalue weighted by Gasteiger charge is -2.47. The first kappa shape index (κ1) is 106. The fourth-order valence-corrected chi connectivity index (χ4v) is 18.3. The Morgan fingerprint density at radius 1 is 0.386 bits per heavy atom. The van der Waals surface area contributed by atoms with E-state index in [4.69, 9.17) is 168 Å². The molecule has 10 fully saturated rings. The maximum Gasteiger partial charge on any atom is 0.343 e. The molecular formula is C78H134N18O36. The van der Waals surface area contributed by atoms with Crippen LogP contribution < -0.4 is 97.3 Å². The Bertz CT molecular complexity index is 4150. The molecule has 0 unspecified atom stereocenters. The number of nitrogens with zero attached hydrogens (tertiary/aromatic N) is 2. The highest BCUT2D eigenvalue weighted by molar-refractivity contribution is 5.86. The summed E-state index contributed by atoms with van der Waals surface area (Å²) in [5.41, 5.74) is 95.9. The molecule has 12 aliphatic rings. The van der Waals surface area contributed by atoms with Crippen molar-refractivity contribution in [2.75, 3.05) is 45.9 Å². The van der Waals surface area contributed by atoms with Crippen LogP contribution in [0.5, 0.6) is 0 Å². The van der Waals surface area contributed by atoms with Gasteiger partial charge in [-0.3, -0.25) is 4.79 Å². The minimum Gasteiger partial charge on any atom is -0.458 e. The number of aromatic nitrogens is 2. The largest absolute Gasteiger partial charge is 0.458 e. The van der Waals surface area contributed by atoms with Crippen molar-refractivity contribution in [3.63, 3.8) is 0 Å². The van der Waals surface area contributed by atoms with Gasteiger partial charge < -0.3 is 264 Å². The summed E-state index contributed by atoms with van der Waals surface area (Å²) in [4.78, 5) is 29.9. The van der Waals surface area contributed by atoms with Crippen molar-refractivity contribution in [2.24, 2.45) is 91.7 Å². The smallest absolute Gasteiger partial charge is 0.343 e. The van der Waals surface area contributed by atoms with Gasteiger partial charge >= 0.3 is 5.97 Å². The number of esters is 1. The Morgan fingerprint density at radius 3 is 1.07 bits per heavy atom. The highest BCUT2D eigenvalue weighted by Gasteiger charge is 2.59. The van der Waals surface area contributed by atoms with Gasteiger partial charge in [0.05, 0.1) is 90.7 Å². The van der Waals surface area contributed by atoms with Gasteiger partial charge in [0.2, 0.25) is 0 Å². The normalized spacial score (nSPS) is 47.2. The van der Waals surface area contributed by atoms with Gasteiger partial charge in [-0.2, -0.15) is 0 Å². The second kappa shape index (κ2) is 44.7. The van der Waals surface area contributed by atoms with Gasteiger partial charge in [0.15, 0.2) is 49.6 Å². The van der Waals surface area contributed by atoms with E-state index in [-0.39, 0.29) is 70.6 Å². The number of hydrogen-bond acceptors (Lipinski definition) is 53. The number of carbonyl (C=O) groups excluding carboxylic acids is 1. The average Bonchev–Trinajstić information content (AvgIpc) is 1.57. The van der Waals surface area contributed by atoms with E-state index in [2.05, 4.69) is 0 Å². The van der Waals surface area contributed by atoms with E-state index in [9.17, 15) is 107 Å². The zero-order chi connectivity index (χ0) is 96.7. The summed E-state index contributed by atoms with van der Waals surface area (Å²) in [6.07, 6.45) is -47.1. The first-order valence-electron chi connectivity index (χ1n) is 43.6.